The molecule has 2 aromatic rings. The summed E-state index contributed by atoms with van der Waals surface area (Å²) in [5, 5.41) is 9.64. The average Bonchev–Trinajstić information content (AvgIpc) is 3.56. The van der Waals surface area contributed by atoms with Gasteiger partial charge in [0, 0.05) is 37.3 Å². The summed E-state index contributed by atoms with van der Waals surface area (Å²) >= 11 is 0. The molecule has 0 spiro atoms. The van der Waals surface area contributed by atoms with Crippen LogP contribution in [-0.2, 0) is 22.6 Å². The van der Waals surface area contributed by atoms with Crippen molar-refractivity contribution >= 4 is 11.9 Å². The fourth-order valence-corrected chi connectivity index (χ4v) is 3.38. The van der Waals surface area contributed by atoms with E-state index in [1.54, 1.807) is 19.3 Å². The Bertz CT molecular complexity index is 941. The lowest BCUT2D eigenvalue weighted by atomic mass is 9.91. The first-order chi connectivity index (χ1) is 14.5. The van der Waals surface area contributed by atoms with Crippen LogP contribution in [-0.4, -0.2) is 39.6 Å². The molecule has 2 aromatic heterocycles. The molecule has 0 aromatic carbocycles. The van der Waals surface area contributed by atoms with Crippen LogP contribution in [0.4, 0.5) is 0 Å². The van der Waals surface area contributed by atoms with Crippen molar-refractivity contribution in [2.45, 2.75) is 38.6 Å². The van der Waals surface area contributed by atoms with Crippen LogP contribution in [0.15, 0.2) is 35.5 Å². The van der Waals surface area contributed by atoms with E-state index in [0.29, 0.717) is 23.7 Å². The molecular weight excluding hydrogens is 386 g/mol. The molecule has 1 unspecified atom stereocenters. The van der Waals surface area contributed by atoms with E-state index in [1.165, 1.54) is 4.57 Å². The highest BCUT2D eigenvalue weighted by atomic mass is 16.6. The average molecular weight is 413 g/mol. The van der Waals surface area contributed by atoms with Gasteiger partial charge in [-0.1, -0.05) is 6.07 Å². The molecule has 160 valence electrons. The van der Waals surface area contributed by atoms with E-state index in [4.69, 9.17) is 16.0 Å². The van der Waals surface area contributed by atoms with Crippen LogP contribution in [0.3, 0.4) is 0 Å². The highest BCUT2D eigenvalue weighted by molar-refractivity contribution is 5.75. The third kappa shape index (κ3) is 5.86. The molecule has 1 atom stereocenters. The van der Waals surface area contributed by atoms with Gasteiger partial charge in [0.05, 0.1) is 6.61 Å². The summed E-state index contributed by atoms with van der Waals surface area (Å²) < 4.78 is 1.44. The van der Waals surface area contributed by atoms with Crippen LogP contribution in [0, 0.1) is 18.3 Å². The Hall–Kier alpha value is -3.27. The number of aromatic nitrogens is 3. The summed E-state index contributed by atoms with van der Waals surface area (Å²) in [7, 11) is 0. The Labute approximate surface area is 174 Å². The smallest absolute Gasteiger partial charge is 0.272 e. The lowest BCUT2D eigenvalue weighted by Crippen LogP contribution is -2.38. The molecule has 0 aliphatic heterocycles. The zero-order valence-electron chi connectivity index (χ0n) is 16.9. The van der Waals surface area contributed by atoms with Crippen LogP contribution in [0.25, 0.3) is 0 Å². The molecule has 1 fully saturated rings. The van der Waals surface area contributed by atoms with Gasteiger partial charge < -0.3 is 15.6 Å². The molecule has 1 amide bonds. The molecule has 3 rings (SSSR count). The van der Waals surface area contributed by atoms with Gasteiger partial charge in [-0.2, -0.15) is 0 Å². The molecule has 5 N–H and O–H groups in total. The molecule has 30 heavy (non-hydrogen) atoms. The SMILES string of the molecule is Cc1cnc(CC(c2cccnc2)C2CC2)c(=O)n1CC(=O)NCCONC(=N)N. The number of carbonyl (C=O) groups excluding carboxylic acids is 1. The van der Waals surface area contributed by atoms with Crippen LogP contribution in [0.1, 0.15) is 35.7 Å². The zero-order chi connectivity index (χ0) is 21.5. The van der Waals surface area contributed by atoms with Gasteiger partial charge in [0.15, 0.2) is 0 Å². The summed E-state index contributed by atoms with van der Waals surface area (Å²) in [5.74, 6) is 0.116. The van der Waals surface area contributed by atoms with E-state index < -0.39 is 0 Å². The number of nitrogens with one attached hydrogen (secondary N) is 3. The van der Waals surface area contributed by atoms with E-state index in [1.807, 2.05) is 18.3 Å². The highest BCUT2D eigenvalue weighted by Gasteiger charge is 2.33. The van der Waals surface area contributed by atoms with Gasteiger partial charge in [0.2, 0.25) is 11.9 Å². The number of carbonyl (C=O) groups is 1. The van der Waals surface area contributed by atoms with E-state index in [-0.39, 0.29) is 43.0 Å². The van der Waals surface area contributed by atoms with E-state index in [2.05, 4.69) is 20.8 Å². The van der Waals surface area contributed by atoms with Crippen molar-refractivity contribution in [2.75, 3.05) is 13.2 Å². The second kappa shape index (κ2) is 9.97. The summed E-state index contributed by atoms with van der Waals surface area (Å²) in [5.41, 5.74) is 9.23. The quantitative estimate of drug-likeness (QED) is 0.188. The maximum Gasteiger partial charge on any atom is 0.272 e. The van der Waals surface area contributed by atoms with Crippen molar-refractivity contribution in [3.63, 3.8) is 0 Å². The first kappa shape index (κ1) is 21.4. The van der Waals surface area contributed by atoms with Gasteiger partial charge in [-0.15, -0.1) is 0 Å². The van der Waals surface area contributed by atoms with Gasteiger partial charge in [-0.3, -0.25) is 29.8 Å². The Balaban J connectivity index is 1.65. The first-order valence-corrected chi connectivity index (χ1v) is 9.89. The maximum atomic E-state index is 13.0. The third-order valence-electron chi connectivity index (χ3n) is 5.05. The molecule has 1 aliphatic rings. The monoisotopic (exact) mass is 413 g/mol. The number of rotatable bonds is 10. The van der Waals surface area contributed by atoms with Crippen molar-refractivity contribution in [2.24, 2.45) is 11.7 Å². The van der Waals surface area contributed by atoms with Crippen molar-refractivity contribution in [3.05, 3.63) is 58.0 Å². The largest absolute Gasteiger partial charge is 0.368 e. The Morgan fingerprint density at radius 2 is 2.23 bits per heavy atom. The number of nitrogens with two attached hydrogens (primary N) is 1. The number of pyridine rings is 1. The van der Waals surface area contributed by atoms with Gasteiger partial charge in [0.25, 0.3) is 5.56 Å². The molecule has 1 saturated carbocycles. The predicted molar refractivity (Wildman–Crippen MR) is 111 cm³/mol. The second-order valence-corrected chi connectivity index (χ2v) is 7.39. The van der Waals surface area contributed by atoms with E-state index in [0.717, 1.165) is 18.4 Å². The van der Waals surface area contributed by atoms with Crippen LogP contribution in [0.5, 0.6) is 0 Å². The Morgan fingerprint density at radius 1 is 1.43 bits per heavy atom. The number of nitrogens with zero attached hydrogens (tertiary/aromatic N) is 3. The van der Waals surface area contributed by atoms with Crippen molar-refractivity contribution in [1.82, 2.24) is 25.3 Å². The number of aryl methyl sites for hydroxylation is 1. The normalized spacial score (nSPS) is 14.2. The van der Waals surface area contributed by atoms with E-state index in [9.17, 15) is 9.59 Å². The number of guanidine groups is 1. The lowest BCUT2D eigenvalue weighted by Gasteiger charge is -2.17. The lowest BCUT2D eigenvalue weighted by molar-refractivity contribution is -0.122. The summed E-state index contributed by atoms with van der Waals surface area (Å²) in [4.78, 5) is 38.7. The number of hydrogen-bond donors (Lipinski definition) is 4. The van der Waals surface area contributed by atoms with Gasteiger partial charge >= 0.3 is 0 Å². The Kier molecular flexibility index (Phi) is 7.12. The van der Waals surface area contributed by atoms with Crippen molar-refractivity contribution < 1.29 is 9.63 Å². The van der Waals surface area contributed by atoms with Crippen molar-refractivity contribution in [1.29, 1.82) is 5.41 Å². The molecule has 10 heteroatoms. The summed E-state index contributed by atoms with van der Waals surface area (Å²) in [6.45, 7) is 2.01. The Morgan fingerprint density at radius 3 is 2.90 bits per heavy atom. The molecule has 0 bridgehead atoms. The molecule has 0 radical (unpaired) electrons. The molecule has 10 nitrogen and oxygen atoms in total. The third-order valence-corrected chi connectivity index (χ3v) is 5.05. The molecule has 0 saturated heterocycles. The zero-order valence-corrected chi connectivity index (χ0v) is 16.9. The number of hydroxylamine groups is 1. The first-order valence-electron chi connectivity index (χ1n) is 9.89. The molecular formula is C20H27N7O3. The minimum Gasteiger partial charge on any atom is -0.368 e. The van der Waals surface area contributed by atoms with Crippen LogP contribution >= 0.6 is 0 Å². The molecule has 1 aliphatic carbocycles. The second-order valence-electron chi connectivity index (χ2n) is 7.39. The number of amides is 1. The van der Waals surface area contributed by atoms with Crippen LogP contribution in [0.2, 0.25) is 0 Å². The number of hydrogen-bond acceptors (Lipinski definition) is 6. The van der Waals surface area contributed by atoms with E-state index >= 15 is 0 Å². The predicted octanol–water partition coefficient (Wildman–Crippen LogP) is 0.214. The highest BCUT2D eigenvalue weighted by Crippen LogP contribution is 2.43. The topological polar surface area (TPSA) is 148 Å². The summed E-state index contributed by atoms with van der Waals surface area (Å²) in [6, 6.07) is 3.95. The fraction of sp³-hybridized carbons (Fsp3) is 0.450. The minimum absolute atomic E-state index is 0.0959. The van der Waals surface area contributed by atoms with Crippen molar-refractivity contribution in [3.8, 4) is 0 Å². The minimum atomic E-state index is -0.316. The van der Waals surface area contributed by atoms with Crippen LogP contribution < -0.4 is 22.1 Å². The fourth-order valence-electron chi connectivity index (χ4n) is 3.38. The standard InChI is InChI=1S/C20H27N7O3/c1-13-10-25-17(9-16(14-4-5-14)15-3-2-6-23-11-15)19(29)27(13)12-18(28)24-7-8-30-26-20(21)22/h2-3,6,10-11,14,16H,4-5,7-9,12H2,1H3,(H,24,28)(H4,21,22,26). The molecule has 2 heterocycles. The van der Waals surface area contributed by atoms with Gasteiger partial charge in [-0.05, 0) is 43.2 Å². The maximum absolute atomic E-state index is 13.0. The summed E-state index contributed by atoms with van der Waals surface area (Å²) in [6.07, 6.45) is 8.04. The van der Waals surface area contributed by atoms with Gasteiger partial charge in [0.1, 0.15) is 12.2 Å². The van der Waals surface area contributed by atoms with Gasteiger partial charge in [-0.25, -0.2) is 5.48 Å².